The highest BCUT2D eigenvalue weighted by molar-refractivity contribution is 5.89. The van der Waals surface area contributed by atoms with E-state index in [1.165, 1.54) is 16.3 Å². The molecule has 3 aromatic carbocycles. The standard InChI is InChI=1S/C29H34N2O3/c1-19-14-26-27(30-19)7-5-9-29(26)34-18-24(32)17-31-13-12-23(15-20(31)2)22-11-10-21-6-4-8-28(33-3)25(21)16-22/h4-11,14,16,20,23-24,30,32H,12-13,15,17-18H2,1-3H3/t20-,23+,24+/m1/s1. The monoisotopic (exact) mass is 458 g/mol. The van der Waals surface area contributed by atoms with E-state index in [1.807, 2.05) is 37.3 Å². The lowest BCUT2D eigenvalue weighted by atomic mass is 9.85. The summed E-state index contributed by atoms with van der Waals surface area (Å²) in [6, 6.07) is 21.5. The molecular formula is C29H34N2O3. The predicted octanol–water partition coefficient (Wildman–Crippen LogP) is 5.65. The van der Waals surface area contributed by atoms with Gasteiger partial charge in [0.2, 0.25) is 0 Å². The third kappa shape index (κ3) is 4.63. The van der Waals surface area contributed by atoms with Gasteiger partial charge in [0.15, 0.2) is 0 Å². The van der Waals surface area contributed by atoms with E-state index in [4.69, 9.17) is 9.47 Å². The second kappa shape index (κ2) is 9.69. The molecule has 2 heterocycles. The van der Waals surface area contributed by atoms with Crippen molar-refractivity contribution in [2.75, 3.05) is 26.8 Å². The van der Waals surface area contributed by atoms with Crippen molar-refractivity contribution < 1.29 is 14.6 Å². The molecule has 1 fully saturated rings. The van der Waals surface area contributed by atoms with Crippen LogP contribution in [0.4, 0.5) is 0 Å². The molecule has 0 amide bonds. The van der Waals surface area contributed by atoms with Gasteiger partial charge in [-0.05, 0) is 80.4 Å². The lowest BCUT2D eigenvalue weighted by Crippen LogP contribution is -2.45. The molecule has 1 aliphatic heterocycles. The molecular weight excluding hydrogens is 424 g/mol. The Bertz CT molecular complexity index is 1280. The molecule has 0 unspecified atom stereocenters. The first kappa shape index (κ1) is 22.8. The number of aliphatic hydroxyl groups is 1. The van der Waals surface area contributed by atoms with Gasteiger partial charge in [-0.15, -0.1) is 0 Å². The van der Waals surface area contributed by atoms with E-state index in [0.717, 1.165) is 47.5 Å². The largest absolute Gasteiger partial charge is 0.496 e. The number of rotatable bonds is 7. The maximum atomic E-state index is 10.7. The van der Waals surface area contributed by atoms with Crippen molar-refractivity contribution in [3.05, 3.63) is 71.9 Å². The van der Waals surface area contributed by atoms with Gasteiger partial charge >= 0.3 is 0 Å². The predicted molar refractivity (Wildman–Crippen MR) is 138 cm³/mol. The van der Waals surface area contributed by atoms with Crippen LogP contribution in [0.5, 0.6) is 11.5 Å². The van der Waals surface area contributed by atoms with E-state index >= 15 is 0 Å². The van der Waals surface area contributed by atoms with E-state index in [9.17, 15) is 5.11 Å². The normalized spacial score (nSPS) is 20.0. The van der Waals surface area contributed by atoms with Crippen LogP contribution in [0.3, 0.4) is 0 Å². The summed E-state index contributed by atoms with van der Waals surface area (Å²) in [6.45, 7) is 6.20. The molecule has 5 heteroatoms. The van der Waals surface area contributed by atoms with Gasteiger partial charge in [0.1, 0.15) is 24.2 Å². The fourth-order valence-corrected chi connectivity index (χ4v) is 5.39. The zero-order chi connectivity index (χ0) is 23.7. The van der Waals surface area contributed by atoms with E-state index in [-0.39, 0.29) is 0 Å². The molecule has 0 spiro atoms. The van der Waals surface area contributed by atoms with Crippen LogP contribution in [0.15, 0.2) is 60.7 Å². The molecule has 0 radical (unpaired) electrons. The number of aromatic amines is 1. The SMILES string of the molecule is COc1cccc2ccc([C@H]3CCN(C[C@H](O)COc4cccc5[nH]c(C)cc45)[C@H](C)C3)cc12. The van der Waals surface area contributed by atoms with E-state index < -0.39 is 6.10 Å². The number of nitrogens with one attached hydrogen (secondary N) is 1. The zero-order valence-electron chi connectivity index (χ0n) is 20.3. The summed E-state index contributed by atoms with van der Waals surface area (Å²) in [5.74, 6) is 2.27. The van der Waals surface area contributed by atoms with Crippen LogP contribution in [0.2, 0.25) is 0 Å². The van der Waals surface area contributed by atoms with Gasteiger partial charge in [0, 0.05) is 34.6 Å². The number of methoxy groups -OCH3 is 1. The number of nitrogens with zero attached hydrogens (tertiary/aromatic N) is 1. The summed E-state index contributed by atoms with van der Waals surface area (Å²) >= 11 is 0. The summed E-state index contributed by atoms with van der Waals surface area (Å²) in [5, 5.41) is 14.2. The van der Waals surface area contributed by atoms with E-state index in [0.29, 0.717) is 25.1 Å². The average molecular weight is 459 g/mol. The summed E-state index contributed by atoms with van der Waals surface area (Å²) in [6.07, 6.45) is 1.63. The number of fused-ring (bicyclic) bond motifs is 2. The van der Waals surface area contributed by atoms with Crippen LogP contribution in [0, 0.1) is 6.92 Å². The molecule has 3 atom stereocenters. The van der Waals surface area contributed by atoms with Crippen LogP contribution in [-0.4, -0.2) is 53.9 Å². The summed E-state index contributed by atoms with van der Waals surface area (Å²) in [7, 11) is 1.73. The molecule has 0 saturated carbocycles. The maximum Gasteiger partial charge on any atom is 0.128 e. The minimum atomic E-state index is -0.528. The highest BCUT2D eigenvalue weighted by Crippen LogP contribution is 2.35. The third-order valence-electron chi connectivity index (χ3n) is 7.21. The van der Waals surface area contributed by atoms with Gasteiger partial charge in [0.05, 0.1) is 7.11 Å². The van der Waals surface area contributed by atoms with Crippen LogP contribution in [-0.2, 0) is 0 Å². The van der Waals surface area contributed by atoms with Gasteiger partial charge in [0.25, 0.3) is 0 Å². The number of benzene rings is 3. The smallest absolute Gasteiger partial charge is 0.128 e. The number of hydrogen-bond donors (Lipinski definition) is 2. The van der Waals surface area contributed by atoms with Crippen molar-refractivity contribution in [3.63, 3.8) is 0 Å². The van der Waals surface area contributed by atoms with Crippen molar-refractivity contribution >= 4 is 21.7 Å². The number of hydrogen-bond acceptors (Lipinski definition) is 4. The molecule has 178 valence electrons. The van der Waals surface area contributed by atoms with Gasteiger partial charge in [-0.2, -0.15) is 0 Å². The van der Waals surface area contributed by atoms with Gasteiger partial charge < -0.3 is 19.6 Å². The summed E-state index contributed by atoms with van der Waals surface area (Å²) in [5.41, 5.74) is 3.54. The molecule has 1 saturated heterocycles. The van der Waals surface area contributed by atoms with Crippen molar-refractivity contribution in [2.45, 2.75) is 44.8 Å². The topological polar surface area (TPSA) is 57.7 Å². The Kier molecular flexibility index (Phi) is 6.48. The molecule has 5 nitrogen and oxygen atoms in total. The fraction of sp³-hybridized carbons (Fsp3) is 0.379. The van der Waals surface area contributed by atoms with Gasteiger partial charge in [-0.25, -0.2) is 0 Å². The van der Waals surface area contributed by atoms with Crippen molar-refractivity contribution in [2.24, 2.45) is 0 Å². The quantitative estimate of drug-likeness (QED) is 0.376. The van der Waals surface area contributed by atoms with Crippen LogP contribution >= 0.6 is 0 Å². The first-order chi connectivity index (χ1) is 16.5. The number of likely N-dealkylation sites (tertiary alicyclic amines) is 1. The molecule has 1 aliphatic rings. The van der Waals surface area contributed by atoms with Crippen molar-refractivity contribution in [3.8, 4) is 11.5 Å². The minimum absolute atomic E-state index is 0.292. The first-order valence-corrected chi connectivity index (χ1v) is 12.2. The maximum absolute atomic E-state index is 10.7. The third-order valence-corrected chi connectivity index (χ3v) is 7.21. The van der Waals surface area contributed by atoms with Crippen LogP contribution in [0.1, 0.15) is 36.9 Å². The van der Waals surface area contributed by atoms with E-state index in [1.54, 1.807) is 7.11 Å². The molecule has 0 bridgehead atoms. The van der Waals surface area contributed by atoms with Crippen molar-refractivity contribution in [1.82, 2.24) is 9.88 Å². The Balaban J connectivity index is 1.19. The molecule has 4 aromatic rings. The first-order valence-electron chi connectivity index (χ1n) is 12.2. The number of aromatic nitrogens is 1. The Hall–Kier alpha value is -3.02. The number of ether oxygens (including phenoxy) is 2. The van der Waals surface area contributed by atoms with Gasteiger partial charge in [-0.3, -0.25) is 4.90 Å². The Morgan fingerprint density at radius 2 is 1.88 bits per heavy atom. The minimum Gasteiger partial charge on any atom is -0.496 e. The van der Waals surface area contributed by atoms with Crippen LogP contribution in [0.25, 0.3) is 21.7 Å². The number of aliphatic hydroxyl groups excluding tert-OH is 1. The Morgan fingerprint density at radius 3 is 2.71 bits per heavy atom. The average Bonchev–Trinajstić information content (AvgIpc) is 3.24. The summed E-state index contributed by atoms with van der Waals surface area (Å²) in [4.78, 5) is 5.73. The zero-order valence-corrected chi connectivity index (χ0v) is 20.3. The highest BCUT2D eigenvalue weighted by Gasteiger charge is 2.28. The summed E-state index contributed by atoms with van der Waals surface area (Å²) < 4.78 is 11.6. The van der Waals surface area contributed by atoms with Crippen LogP contribution < -0.4 is 9.47 Å². The second-order valence-electron chi connectivity index (χ2n) is 9.64. The highest BCUT2D eigenvalue weighted by atomic mass is 16.5. The number of β-amino-alcohol motifs (C(OH)–C–C–N with tert-alkyl or cyclic N) is 1. The lowest BCUT2D eigenvalue weighted by Gasteiger charge is -2.39. The lowest BCUT2D eigenvalue weighted by molar-refractivity contribution is 0.0406. The van der Waals surface area contributed by atoms with Crippen molar-refractivity contribution in [1.29, 1.82) is 0 Å². The fourth-order valence-electron chi connectivity index (χ4n) is 5.39. The number of H-pyrrole nitrogens is 1. The van der Waals surface area contributed by atoms with Gasteiger partial charge in [-0.1, -0.05) is 30.3 Å². The molecule has 34 heavy (non-hydrogen) atoms. The second-order valence-corrected chi connectivity index (χ2v) is 9.64. The number of piperidine rings is 1. The molecule has 0 aliphatic carbocycles. The number of aryl methyl sites for hydroxylation is 1. The Labute approximate surface area is 201 Å². The molecule has 5 rings (SSSR count). The molecule has 2 N–H and O–H groups in total. The Morgan fingerprint density at radius 1 is 1.06 bits per heavy atom. The molecule has 1 aromatic heterocycles. The van der Waals surface area contributed by atoms with E-state index in [2.05, 4.69) is 47.1 Å².